The highest BCUT2D eigenvalue weighted by molar-refractivity contribution is 5.68. The van der Waals surface area contributed by atoms with Crippen molar-refractivity contribution in [3.05, 3.63) is 35.9 Å². The van der Waals surface area contributed by atoms with Crippen LogP contribution in [-0.4, -0.2) is 37.7 Å². The number of amides is 1. The van der Waals surface area contributed by atoms with Gasteiger partial charge in [0.25, 0.3) is 0 Å². The van der Waals surface area contributed by atoms with Crippen molar-refractivity contribution < 1.29 is 9.53 Å². The van der Waals surface area contributed by atoms with E-state index in [4.69, 9.17) is 4.74 Å². The third-order valence-electron chi connectivity index (χ3n) is 3.33. The van der Waals surface area contributed by atoms with Gasteiger partial charge in [-0.1, -0.05) is 30.3 Å². The van der Waals surface area contributed by atoms with Crippen molar-refractivity contribution in [2.45, 2.75) is 18.9 Å². The summed E-state index contributed by atoms with van der Waals surface area (Å²) in [6.07, 6.45) is 1.78. The molecule has 0 bridgehead atoms. The lowest BCUT2D eigenvalue weighted by Crippen LogP contribution is -2.41. The molecule has 1 heterocycles. The van der Waals surface area contributed by atoms with Gasteiger partial charge in [-0.2, -0.15) is 0 Å². The van der Waals surface area contributed by atoms with Crippen molar-refractivity contribution >= 4 is 6.09 Å². The summed E-state index contributed by atoms with van der Waals surface area (Å²) in [5, 5.41) is 3.32. The average Bonchev–Trinajstić information content (AvgIpc) is 2.39. The summed E-state index contributed by atoms with van der Waals surface area (Å²) < 4.78 is 4.90. The Labute approximate surface area is 108 Å². The summed E-state index contributed by atoms with van der Waals surface area (Å²) in [7, 11) is 1.44. The first-order valence-corrected chi connectivity index (χ1v) is 6.43. The molecule has 1 aliphatic heterocycles. The Morgan fingerprint density at radius 2 is 2.11 bits per heavy atom. The predicted octanol–water partition coefficient (Wildman–Crippen LogP) is 2.18. The molecule has 18 heavy (non-hydrogen) atoms. The zero-order chi connectivity index (χ0) is 12.8. The highest BCUT2D eigenvalue weighted by Crippen LogP contribution is 2.26. The molecule has 98 valence electrons. The van der Waals surface area contributed by atoms with Gasteiger partial charge >= 0.3 is 6.09 Å². The predicted molar refractivity (Wildman–Crippen MR) is 70.4 cm³/mol. The van der Waals surface area contributed by atoms with E-state index in [0.29, 0.717) is 6.54 Å². The normalized spacial score (nSPS) is 20.9. The minimum Gasteiger partial charge on any atom is -0.453 e. The number of carbonyl (C=O) groups is 1. The number of rotatable bonds is 1. The summed E-state index contributed by atoms with van der Waals surface area (Å²) in [5.41, 5.74) is 1.19. The second-order valence-electron chi connectivity index (χ2n) is 4.48. The van der Waals surface area contributed by atoms with E-state index >= 15 is 0 Å². The van der Waals surface area contributed by atoms with E-state index in [1.165, 1.54) is 12.7 Å². The van der Waals surface area contributed by atoms with E-state index in [1.807, 2.05) is 23.1 Å². The van der Waals surface area contributed by atoms with Crippen molar-refractivity contribution in [2.24, 2.45) is 0 Å². The van der Waals surface area contributed by atoms with Crippen LogP contribution in [0.15, 0.2) is 30.3 Å². The number of ether oxygens (including phenoxy) is 1. The van der Waals surface area contributed by atoms with Gasteiger partial charge in [-0.15, -0.1) is 0 Å². The lowest BCUT2D eigenvalue weighted by atomic mass is 9.99. The molecule has 1 aliphatic rings. The van der Waals surface area contributed by atoms with Crippen molar-refractivity contribution in [3.8, 4) is 0 Å². The number of methoxy groups -OCH3 is 1. The lowest BCUT2D eigenvalue weighted by molar-refractivity contribution is 0.0989. The van der Waals surface area contributed by atoms with Crippen LogP contribution < -0.4 is 5.32 Å². The summed E-state index contributed by atoms with van der Waals surface area (Å²) >= 11 is 0. The Morgan fingerprint density at radius 3 is 2.83 bits per heavy atom. The van der Waals surface area contributed by atoms with Crippen LogP contribution in [-0.2, 0) is 4.74 Å². The maximum absolute atomic E-state index is 11.9. The quantitative estimate of drug-likeness (QED) is 0.828. The fourth-order valence-corrected chi connectivity index (χ4v) is 2.41. The minimum absolute atomic E-state index is 0.126. The third-order valence-corrected chi connectivity index (χ3v) is 3.33. The molecule has 4 heteroatoms. The number of hydrogen-bond acceptors (Lipinski definition) is 3. The standard InChI is InChI=1S/C14H20N2O2/c1-18-14(17)16-11-10-15-9-5-8-13(16)12-6-3-2-4-7-12/h2-4,6-7,13,15H,5,8-11H2,1H3. The van der Waals surface area contributed by atoms with Gasteiger partial charge in [-0.05, 0) is 24.9 Å². The Bertz CT molecular complexity index is 381. The number of carbonyl (C=O) groups excluding carboxylic acids is 1. The Morgan fingerprint density at radius 1 is 1.33 bits per heavy atom. The van der Waals surface area contributed by atoms with E-state index in [-0.39, 0.29) is 12.1 Å². The summed E-state index contributed by atoms with van der Waals surface area (Å²) in [4.78, 5) is 13.7. The molecule has 1 N–H and O–H groups in total. The number of nitrogens with one attached hydrogen (secondary N) is 1. The third kappa shape index (κ3) is 3.01. The highest BCUT2D eigenvalue weighted by Gasteiger charge is 2.26. The van der Waals surface area contributed by atoms with Crippen LogP contribution in [0.25, 0.3) is 0 Å². The molecule has 1 amide bonds. The molecule has 1 saturated heterocycles. The monoisotopic (exact) mass is 248 g/mol. The van der Waals surface area contributed by atoms with E-state index in [1.54, 1.807) is 0 Å². The van der Waals surface area contributed by atoms with Crippen LogP contribution in [0, 0.1) is 0 Å². The van der Waals surface area contributed by atoms with Gasteiger partial charge in [-0.3, -0.25) is 4.90 Å². The van der Waals surface area contributed by atoms with Gasteiger partial charge in [0.15, 0.2) is 0 Å². The maximum Gasteiger partial charge on any atom is 0.410 e. The number of hydrogen-bond donors (Lipinski definition) is 1. The van der Waals surface area contributed by atoms with Gasteiger partial charge in [0.05, 0.1) is 13.2 Å². The van der Waals surface area contributed by atoms with Crippen LogP contribution in [0.1, 0.15) is 24.4 Å². The largest absolute Gasteiger partial charge is 0.453 e. The zero-order valence-electron chi connectivity index (χ0n) is 10.8. The molecule has 0 spiro atoms. The van der Waals surface area contributed by atoms with Gasteiger partial charge in [0.1, 0.15) is 0 Å². The summed E-state index contributed by atoms with van der Waals surface area (Å²) in [5.74, 6) is 0. The second kappa shape index (κ2) is 6.40. The van der Waals surface area contributed by atoms with E-state index < -0.39 is 0 Å². The first kappa shape index (κ1) is 12.9. The zero-order valence-corrected chi connectivity index (χ0v) is 10.8. The molecule has 0 radical (unpaired) electrons. The second-order valence-corrected chi connectivity index (χ2v) is 4.48. The number of benzene rings is 1. The Kier molecular flexibility index (Phi) is 4.59. The fraction of sp³-hybridized carbons (Fsp3) is 0.500. The summed E-state index contributed by atoms with van der Waals surface area (Å²) in [6.45, 7) is 2.52. The van der Waals surface area contributed by atoms with Crippen LogP contribution in [0.2, 0.25) is 0 Å². The van der Waals surface area contributed by atoms with E-state index in [0.717, 1.165) is 25.9 Å². The van der Waals surface area contributed by atoms with E-state index in [2.05, 4.69) is 17.4 Å². The van der Waals surface area contributed by atoms with Crippen LogP contribution in [0.3, 0.4) is 0 Å². The molecule has 1 aromatic rings. The Hall–Kier alpha value is -1.55. The van der Waals surface area contributed by atoms with Crippen LogP contribution in [0.5, 0.6) is 0 Å². The first-order chi connectivity index (χ1) is 8.83. The molecular weight excluding hydrogens is 228 g/mol. The molecule has 0 aromatic heterocycles. The number of nitrogens with zero attached hydrogens (tertiary/aromatic N) is 1. The highest BCUT2D eigenvalue weighted by atomic mass is 16.5. The topological polar surface area (TPSA) is 41.6 Å². The smallest absolute Gasteiger partial charge is 0.410 e. The van der Waals surface area contributed by atoms with Crippen molar-refractivity contribution in [1.82, 2.24) is 10.2 Å². The molecule has 0 aliphatic carbocycles. The molecule has 4 nitrogen and oxygen atoms in total. The van der Waals surface area contributed by atoms with E-state index in [9.17, 15) is 4.79 Å². The van der Waals surface area contributed by atoms with Crippen molar-refractivity contribution in [1.29, 1.82) is 0 Å². The molecule has 0 saturated carbocycles. The summed E-state index contributed by atoms with van der Waals surface area (Å²) in [6, 6.07) is 10.3. The van der Waals surface area contributed by atoms with Crippen LogP contribution >= 0.6 is 0 Å². The van der Waals surface area contributed by atoms with Crippen LogP contribution in [0.4, 0.5) is 4.79 Å². The molecule has 1 unspecified atom stereocenters. The SMILES string of the molecule is COC(=O)N1CCNCCCC1c1ccccc1. The Balaban J connectivity index is 2.22. The lowest BCUT2D eigenvalue weighted by Gasteiger charge is -2.33. The average molecular weight is 248 g/mol. The molecular formula is C14H20N2O2. The van der Waals surface area contributed by atoms with Gasteiger partial charge in [0.2, 0.25) is 0 Å². The molecule has 2 rings (SSSR count). The van der Waals surface area contributed by atoms with Crippen molar-refractivity contribution in [2.75, 3.05) is 26.7 Å². The first-order valence-electron chi connectivity index (χ1n) is 6.43. The minimum atomic E-state index is -0.243. The van der Waals surface area contributed by atoms with Gasteiger partial charge in [-0.25, -0.2) is 4.79 Å². The molecule has 1 fully saturated rings. The van der Waals surface area contributed by atoms with Gasteiger partial charge in [0, 0.05) is 13.1 Å². The maximum atomic E-state index is 11.9. The van der Waals surface area contributed by atoms with Gasteiger partial charge < -0.3 is 10.1 Å². The fourth-order valence-electron chi connectivity index (χ4n) is 2.41. The molecule has 1 atom stereocenters. The van der Waals surface area contributed by atoms with Crippen molar-refractivity contribution in [3.63, 3.8) is 0 Å². The molecule has 1 aromatic carbocycles.